The van der Waals surface area contributed by atoms with Crippen LogP contribution in [0.25, 0.3) is 5.69 Å². The Hall–Kier alpha value is -3.57. The van der Waals surface area contributed by atoms with E-state index in [1.807, 2.05) is 36.4 Å². The first-order chi connectivity index (χ1) is 15.1. The van der Waals surface area contributed by atoms with Crippen LogP contribution in [0.15, 0.2) is 53.7 Å². The Morgan fingerprint density at radius 3 is 2.61 bits per heavy atom. The Morgan fingerprint density at radius 2 is 1.94 bits per heavy atom. The van der Waals surface area contributed by atoms with Crippen LogP contribution >= 0.6 is 11.6 Å². The lowest BCUT2D eigenvalue weighted by Gasteiger charge is -2.11. The van der Waals surface area contributed by atoms with Gasteiger partial charge in [-0.15, -0.1) is 0 Å². The van der Waals surface area contributed by atoms with Crippen LogP contribution in [0.1, 0.15) is 23.2 Å². The van der Waals surface area contributed by atoms with Crippen molar-refractivity contribution in [3.8, 4) is 11.8 Å². The van der Waals surface area contributed by atoms with Crippen molar-refractivity contribution in [2.45, 2.75) is 19.3 Å². The fraction of sp³-hybridized carbons (Fsp3) is 0.273. The Morgan fingerprint density at radius 1 is 1.16 bits per heavy atom. The van der Waals surface area contributed by atoms with Crippen LogP contribution in [0.2, 0.25) is 5.15 Å². The van der Waals surface area contributed by atoms with E-state index in [9.17, 15) is 5.26 Å². The normalized spacial score (nSPS) is 11.2. The van der Waals surface area contributed by atoms with Crippen molar-refractivity contribution >= 4 is 23.4 Å². The van der Waals surface area contributed by atoms with Crippen LogP contribution in [0.5, 0.6) is 0 Å². The molecule has 0 saturated heterocycles. The number of hydrogen-bond donors (Lipinski definition) is 3. The van der Waals surface area contributed by atoms with E-state index < -0.39 is 0 Å². The topological polar surface area (TPSA) is 117 Å². The number of para-hydroxylation sites is 1. The number of benzene rings is 1. The van der Waals surface area contributed by atoms with Gasteiger partial charge in [0, 0.05) is 26.3 Å². The first-order valence-electron chi connectivity index (χ1n) is 10.00. The fourth-order valence-electron chi connectivity index (χ4n) is 3.10. The summed E-state index contributed by atoms with van der Waals surface area (Å²) >= 11 is 5.81. The number of aryl methyl sites for hydroxylation is 1. The number of aromatic nitrogens is 3. The van der Waals surface area contributed by atoms with Crippen LogP contribution in [-0.2, 0) is 12.8 Å². The third-order valence-electron chi connectivity index (χ3n) is 4.71. The van der Waals surface area contributed by atoms with E-state index >= 15 is 0 Å². The molecule has 160 valence electrons. The average Bonchev–Trinajstić information content (AvgIpc) is 3.12. The smallest absolute Gasteiger partial charge is 0.190 e. The Kier molecular flexibility index (Phi) is 7.85. The number of nitrogens with one attached hydrogen (secondary N) is 2. The van der Waals surface area contributed by atoms with E-state index in [4.69, 9.17) is 17.3 Å². The van der Waals surface area contributed by atoms with E-state index in [0.29, 0.717) is 35.2 Å². The van der Waals surface area contributed by atoms with Gasteiger partial charge in [0.15, 0.2) is 5.96 Å². The second-order valence-electron chi connectivity index (χ2n) is 6.83. The predicted octanol–water partition coefficient (Wildman–Crippen LogP) is 2.71. The molecule has 31 heavy (non-hydrogen) atoms. The van der Waals surface area contributed by atoms with Crippen LogP contribution < -0.4 is 16.4 Å². The molecule has 0 saturated carbocycles. The Balaban J connectivity index is 1.48. The summed E-state index contributed by atoms with van der Waals surface area (Å²) in [5, 5.41) is 21.1. The van der Waals surface area contributed by atoms with E-state index in [-0.39, 0.29) is 0 Å². The molecule has 3 rings (SSSR count). The van der Waals surface area contributed by atoms with Gasteiger partial charge in [0.05, 0.1) is 11.4 Å². The zero-order valence-corrected chi connectivity index (χ0v) is 18.1. The molecule has 3 aromatic rings. The lowest BCUT2D eigenvalue weighted by molar-refractivity contribution is 0.720. The lowest BCUT2D eigenvalue weighted by Crippen LogP contribution is -2.38. The van der Waals surface area contributed by atoms with Crippen molar-refractivity contribution in [3.63, 3.8) is 0 Å². The first-order valence-corrected chi connectivity index (χ1v) is 10.4. The number of nitrogens with zero attached hydrogens (tertiary/aromatic N) is 5. The molecule has 0 spiro atoms. The van der Waals surface area contributed by atoms with Crippen molar-refractivity contribution in [2.75, 3.05) is 25.9 Å². The summed E-state index contributed by atoms with van der Waals surface area (Å²) < 4.78 is 1.62. The van der Waals surface area contributed by atoms with Crippen molar-refractivity contribution in [1.29, 1.82) is 5.26 Å². The Bertz CT molecular complexity index is 1050. The summed E-state index contributed by atoms with van der Waals surface area (Å²) in [6.07, 6.45) is 3.99. The van der Waals surface area contributed by atoms with Gasteiger partial charge in [-0.3, -0.25) is 4.99 Å². The second kappa shape index (κ2) is 11.0. The number of aliphatic imine (C=N–C) groups is 1. The average molecular weight is 437 g/mol. The molecule has 8 nitrogen and oxygen atoms in total. The van der Waals surface area contributed by atoms with Crippen molar-refractivity contribution in [1.82, 2.24) is 25.4 Å². The quantitative estimate of drug-likeness (QED) is 0.216. The number of halogens is 1. The maximum atomic E-state index is 9.51. The summed E-state index contributed by atoms with van der Waals surface area (Å²) in [5.74, 6) is 1.09. The van der Waals surface area contributed by atoms with Gasteiger partial charge >= 0.3 is 0 Å². The first kappa shape index (κ1) is 22.1. The lowest BCUT2D eigenvalue weighted by atomic mass is 10.1. The monoisotopic (exact) mass is 436 g/mol. The number of nitrogen functional groups attached to an aromatic ring is 1. The highest BCUT2D eigenvalue weighted by molar-refractivity contribution is 6.29. The molecule has 0 radical (unpaired) electrons. The number of hydrogen-bond acceptors (Lipinski definition) is 5. The minimum Gasteiger partial charge on any atom is -0.382 e. The molecule has 2 aromatic heterocycles. The molecule has 0 atom stereocenters. The van der Waals surface area contributed by atoms with Crippen LogP contribution in [0.4, 0.5) is 5.82 Å². The van der Waals surface area contributed by atoms with Crippen molar-refractivity contribution in [2.24, 2.45) is 4.99 Å². The van der Waals surface area contributed by atoms with E-state index in [2.05, 4.69) is 31.8 Å². The number of nitrogens with two attached hydrogens (primary N) is 1. The maximum Gasteiger partial charge on any atom is 0.190 e. The highest BCUT2D eigenvalue weighted by Crippen LogP contribution is 2.21. The van der Waals surface area contributed by atoms with Gasteiger partial charge in [0.1, 0.15) is 22.6 Å². The molecule has 1 aromatic carbocycles. The zero-order chi connectivity index (χ0) is 22.1. The van der Waals surface area contributed by atoms with Crippen LogP contribution in [-0.4, -0.2) is 40.9 Å². The van der Waals surface area contributed by atoms with Gasteiger partial charge in [-0.2, -0.15) is 10.4 Å². The molecule has 0 aliphatic carbocycles. The number of nitriles is 1. The highest BCUT2D eigenvalue weighted by Gasteiger charge is 2.16. The molecule has 0 amide bonds. The van der Waals surface area contributed by atoms with E-state index in [1.165, 1.54) is 0 Å². The standard InChI is InChI=1S/C22H25ClN8/c1-26-22(28-13-11-16-9-10-20(23)29-15-16)27-12-5-8-19-18(14-24)21(25)31(30-19)17-6-3-2-4-7-17/h2-4,6-7,9-10,15H,5,8,11-13,25H2,1H3,(H2,26,27,28). The van der Waals surface area contributed by atoms with Gasteiger partial charge in [-0.05, 0) is 43.0 Å². The summed E-state index contributed by atoms with van der Waals surface area (Å²) in [7, 11) is 1.73. The minimum atomic E-state index is 0.367. The highest BCUT2D eigenvalue weighted by atomic mass is 35.5. The van der Waals surface area contributed by atoms with Gasteiger partial charge in [0.25, 0.3) is 0 Å². The van der Waals surface area contributed by atoms with E-state index in [0.717, 1.165) is 36.6 Å². The Labute approximate surface area is 186 Å². The molecular formula is C22H25ClN8. The molecule has 2 heterocycles. The summed E-state index contributed by atoms with van der Waals surface area (Å²) in [6.45, 7) is 1.41. The van der Waals surface area contributed by atoms with Gasteiger partial charge in [-0.25, -0.2) is 9.67 Å². The fourth-order valence-corrected chi connectivity index (χ4v) is 3.22. The maximum absolute atomic E-state index is 9.51. The van der Waals surface area contributed by atoms with Gasteiger partial charge < -0.3 is 16.4 Å². The predicted molar refractivity (Wildman–Crippen MR) is 123 cm³/mol. The number of rotatable bonds is 8. The number of pyridine rings is 1. The van der Waals surface area contributed by atoms with E-state index in [1.54, 1.807) is 24.0 Å². The molecule has 0 fully saturated rings. The SMILES string of the molecule is CN=C(NCCCc1nn(-c2ccccc2)c(N)c1C#N)NCCc1ccc(Cl)nc1. The summed E-state index contributed by atoms with van der Waals surface area (Å²) in [5.41, 5.74) is 9.22. The number of guanidine groups is 1. The van der Waals surface area contributed by atoms with Crippen molar-refractivity contribution < 1.29 is 0 Å². The van der Waals surface area contributed by atoms with Gasteiger partial charge in [-0.1, -0.05) is 35.9 Å². The number of anilines is 1. The molecule has 0 bridgehead atoms. The molecular weight excluding hydrogens is 412 g/mol. The molecule has 0 aliphatic heterocycles. The molecule has 4 N–H and O–H groups in total. The summed E-state index contributed by atoms with van der Waals surface area (Å²) in [6, 6.07) is 15.5. The zero-order valence-electron chi connectivity index (χ0n) is 17.3. The van der Waals surface area contributed by atoms with Crippen molar-refractivity contribution in [3.05, 3.63) is 70.6 Å². The minimum absolute atomic E-state index is 0.367. The van der Waals surface area contributed by atoms with Gasteiger partial charge in [0.2, 0.25) is 0 Å². The molecule has 0 aliphatic rings. The van der Waals surface area contributed by atoms with Crippen LogP contribution in [0.3, 0.4) is 0 Å². The third kappa shape index (κ3) is 5.96. The second-order valence-corrected chi connectivity index (χ2v) is 7.22. The van der Waals surface area contributed by atoms with Crippen LogP contribution in [0, 0.1) is 11.3 Å². The third-order valence-corrected chi connectivity index (χ3v) is 4.93. The molecule has 9 heteroatoms. The summed E-state index contributed by atoms with van der Waals surface area (Å²) in [4.78, 5) is 8.32. The largest absolute Gasteiger partial charge is 0.382 e. The molecule has 0 unspecified atom stereocenters.